The van der Waals surface area contributed by atoms with Crippen LogP contribution in [-0.4, -0.2) is 30.0 Å². The molecule has 0 unspecified atom stereocenters. The maximum Gasteiger partial charge on any atom is 0.417 e. The van der Waals surface area contributed by atoms with Gasteiger partial charge < -0.3 is 21.1 Å². The molecular weight excluding hydrogens is 343 g/mol. The van der Waals surface area contributed by atoms with Crippen molar-refractivity contribution in [2.24, 2.45) is 5.73 Å². The fraction of sp³-hybridized carbons (Fsp3) is 0.368. The molecule has 0 radical (unpaired) electrons. The highest BCUT2D eigenvalue weighted by Crippen LogP contribution is 2.39. The first kappa shape index (κ1) is 18.5. The predicted molar refractivity (Wildman–Crippen MR) is 96.5 cm³/mol. The fourth-order valence-corrected chi connectivity index (χ4v) is 3.06. The lowest BCUT2D eigenvalue weighted by atomic mass is 9.90. The summed E-state index contributed by atoms with van der Waals surface area (Å²) in [6.45, 7) is 0.834. The van der Waals surface area contributed by atoms with Crippen molar-refractivity contribution in [1.82, 2.24) is 0 Å². The van der Waals surface area contributed by atoms with Gasteiger partial charge in [-0.25, -0.2) is 0 Å². The Morgan fingerprint density at radius 2 is 1.46 bits per heavy atom. The molecule has 2 aromatic carbocycles. The zero-order valence-corrected chi connectivity index (χ0v) is 14.3. The molecule has 0 saturated carbocycles. The number of alkyl halides is 3. The Hall–Kier alpha value is -2.25. The van der Waals surface area contributed by atoms with Crippen molar-refractivity contribution in [3.8, 4) is 0 Å². The molecule has 140 valence electrons. The molecule has 1 aliphatic heterocycles. The number of piperidine rings is 1. The zero-order chi connectivity index (χ0) is 18.8. The number of nitrogens with two attached hydrogens (primary N) is 1. The van der Waals surface area contributed by atoms with Gasteiger partial charge in [0.05, 0.1) is 0 Å². The molecule has 1 fully saturated rings. The number of hydrogen-bond acceptors (Lipinski definition) is 4. The molecule has 26 heavy (non-hydrogen) atoms. The summed E-state index contributed by atoms with van der Waals surface area (Å²) in [7, 11) is 0. The second kappa shape index (κ2) is 7.17. The highest BCUT2D eigenvalue weighted by molar-refractivity contribution is 5.63. The minimum Gasteiger partial charge on any atom is -0.380 e. The highest BCUT2D eigenvalue weighted by Gasteiger charge is 2.54. The first-order valence-corrected chi connectivity index (χ1v) is 8.51. The van der Waals surface area contributed by atoms with E-state index < -0.39 is 11.8 Å². The van der Waals surface area contributed by atoms with Crippen LogP contribution in [0.25, 0.3) is 0 Å². The molecule has 0 spiro atoms. The molecule has 4 nitrogen and oxygen atoms in total. The normalized spacial score (nSPS) is 17.2. The second-order valence-electron chi connectivity index (χ2n) is 6.59. The Bertz CT molecular complexity index is 721. The number of anilines is 3. The number of rotatable bonds is 4. The van der Waals surface area contributed by atoms with Crippen LogP contribution in [-0.2, 0) is 6.54 Å². The third-order valence-corrected chi connectivity index (χ3v) is 4.83. The van der Waals surface area contributed by atoms with E-state index in [2.05, 4.69) is 5.32 Å². The summed E-state index contributed by atoms with van der Waals surface area (Å²) in [5, 5.41) is 13.0. The molecule has 2 aromatic rings. The van der Waals surface area contributed by atoms with Crippen molar-refractivity contribution in [2.75, 3.05) is 23.3 Å². The van der Waals surface area contributed by atoms with Crippen LogP contribution in [0.15, 0.2) is 48.5 Å². The minimum absolute atomic E-state index is 0.170. The maximum atomic E-state index is 12.9. The van der Waals surface area contributed by atoms with Crippen LogP contribution in [0.5, 0.6) is 0 Å². The van der Waals surface area contributed by atoms with Crippen LogP contribution >= 0.6 is 0 Å². The summed E-state index contributed by atoms with van der Waals surface area (Å²) in [5.74, 6) is 0. The summed E-state index contributed by atoms with van der Waals surface area (Å²) in [5.41, 5.74) is 6.73. The summed E-state index contributed by atoms with van der Waals surface area (Å²) >= 11 is 0. The molecule has 0 aromatic heterocycles. The summed E-state index contributed by atoms with van der Waals surface area (Å²) in [6, 6.07) is 15.3. The van der Waals surface area contributed by atoms with Crippen LogP contribution in [0, 0.1) is 0 Å². The van der Waals surface area contributed by atoms with Crippen molar-refractivity contribution >= 4 is 17.1 Å². The molecule has 1 aliphatic rings. The maximum absolute atomic E-state index is 12.9. The number of nitrogens with zero attached hydrogens (tertiary/aromatic N) is 1. The van der Waals surface area contributed by atoms with E-state index in [1.165, 1.54) is 0 Å². The fourth-order valence-electron chi connectivity index (χ4n) is 3.06. The van der Waals surface area contributed by atoms with Crippen LogP contribution in [0.1, 0.15) is 18.4 Å². The monoisotopic (exact) mass is 365 g/mol. The van der Waals surface area contributed by atoms with E-state index in [1.807, 2.05) is 53.4 Å². The smallest absolute Gasteiger partial charge is 0.380 e. The molecule has 4 N–H and O–H groups in total. The molecule has 1 saturated heterocycles. The quantitative estimate of drug-likeness (QED) is 0.772. The lowest BCUT2D eigenvalue weighted by Crippen LogP contribution is -2.53. The van der Waals surface area contributed by atoms with Crippen molar-refractivity contribution in [1.29, 1.82) is 0 Å². The average molecular weight is 365 g/mol. The number of halogens is 3. The van der Waals surface area contributed by atoms with Gasteiger partial charge in [-0.05, 0) is 42.0 Å². The number of aliphatic hydroxyl groups is 1. The van der Waals surface area contributed by atoms with Crippen LogP contribution in [0.2, 0.25) is 0 Å². The summed E-state index contributed by atoms with van der Waals surface area (Å²) in [4.78, 5) is 1.86. The van der Waals surface area contributed by atoms with Crippen molar-refractivity contribution in [2.45, 2.75) is 31.2 Å². The first-order chi connectivity index (χ1) is 12.3. The molecule has 3 rings (SSSR count). The first-order valence-electron chi connectivity index (χ1n) is 8.51. The van der Waals surface area contributed by atoms with Gasteiger partial charge in [0.15, 0.2) is 5.60 Å². The molecule has 0 bridgehead atoms. The van der Waals surface area contributed by atoms with Gasteiger partial charge in [-0.3, -0.25) is 0 Å². The van der Waals surface area contributed by atoms with Crippen LogP contribution in [0.3, 0.4) is 0 Å². The highest BCUT2D eigenvalue weighted by atomic mass is 19.4. The van der Waals surface area contributed by atoms with E-state index in [-0.39, 0.29) is 25.9 Å². The van der Waals surface area contributed by atoms with Crippen LogP contribution < -0.4 is 16.0 Å². The average Bonchev–Trinajstić information content (AvgIpc) is 2.63. The summed E-state index contributed by atoms with van der Waals surface area (Å²) < 4.78 is 38.6. The van der Waals surface area contributed by atoms with Gasteiger partial charge in [0, 0.05) is 49.5 Å². The predicted octanol–water partition coefficient (Wildman–Crippen LogP) is 3.78. The van der Waals surface area contributed by atoms with E-state index in [9.17, 15) is 18.3 Å². The van der Waals surface area contributed by atoms with Crippen molar-refractivity contribution < 1.29 is 18.3 Å². The topological polar surface area (TPSA) is 61.5 Å². The lowest BCUT2D eigenvalue weighted by Gasteiger charge is -2.40. The lowest BCUT2D eigenvalue weighted by molar-refractivity contribution is -0.266. The standard InChI is InChI=1S/C19H22F3N3O/c20-19(21,22)18(26)9-11-25(12-10-18)17-7-5-16(6-8-17)24-15-3-1-14(13-23)2-4-15/h1-8,24,26H,9-13,23H2. The second-order valence-corrected chi connectivity index (χ2v) is 6.59. The van der Waals surface area contributed by atoms with Gasteiger partial charge >= 0.3 is 6.18 Å². The van der Waals surface area contributed by atoms with Crippen molar-refractivity contribution in [3.05, 3.63) is 54.1 Å². The minimum atomic E-state index is -4.58. The van der Waals surface area contributed by atoms with Gasteiger partial charge in [-0.2, -0.15) is 13.2 Å². The van der Waals surface area contributed by atoms with E-state index in [0.717, 1.165) is 22.6 Å². The van der Waals surface area contributed by atoms with E-state index in [1.54, 1.807) is 0 Å². The third-order valence-electron chi connectivity index (χ3n) is 4.83. The SMILES string of the molecule is NCc1ccc(Nc2ccc(N3CCC(O)(C(F)(F)F)CC3)cc2)cc1. The van der Waals surface area contributed by atoms with Gasteiger partial charge in [-0.15, -0.1) is 0 Å². The molecule has 7 heteroatoms. The Morgan fingerprint density at radius 3 is 1.92 bits per heavy atom. The van der Waals surface area contributed by atoms with Gasteiger partial charge in [0.2, 0.25) is 0 Å². The number of hydrogen-bond donors (Lipinski definition) is 3. The van der Waals surface area contributed by atoms with E-state index in [0.29, 0.717) is 6.54 Å². The summed E-state index contributed by atoms with van der Waals surface area (Å²) in [6.07, 6.45) is -5.21. The van der Waals surface area contributed by atoms with Crippen molar-refractivity contribution in [3.63, 3.8) is 0 Å². The van der Waals surface area contributed by atoms with Gasteiger partial charge in [0.25, 0.3) is 0 Å². The molecule has 0 aliphatic carbocycles. The number of nitrogens with one attached hydrogen (secondary N) is 1. The Labute approximate surface area is 150 Å². The molecule has 0 amide bonds. The Morgan fingerprint density at radius 1 is 0.962 bits per heavy atom. The van der Waals surface area contributed by atoms with Gasteiger partial charge in [-0.1, -0.05) is 12.1 Å². The van der Waals surface area contributed by atoms with E-state index in [4.69, 9.17) is 5.73 Å². The third kappa shape index (κ3) is 3.94. The molecular formula is C19H22F3N3O. The largest absolute Gasteiger partial charge is 0.417 e. The molecule has 1 heterocycles. The Balaban J connectivity index is 1.61. The van der Waals surface area contributed by atoms with Crippen LogP contribution in [0.4, 0.5) is 30.2 Å². The Kier molecular flexibility index (Phi) is 5.11. The van der Waals surface area contributed by atoms with E-state index >= 15 is 0 Å². The zero-order valence-electron chi connectivity index (χ0n) is 14.3. The number of benzene rings is 2. The van der Waals surface area contributed by atoms with Gasteiger partial charge in [0.1, 0.15) is 0 Å². The molecule has 0 atom stereocenters.